The second-order valence-electron chi connectivity index (χ2n) is 3.60. The predicted molar refractivity (Wildman–Crippen MR) is 58.9 cm³/mol. The highest BCUT2D eigenvalue weighted by Crippen LogP contribution is 2.20. The van der Waals surface area contributed by atoms with Gasteiger partial charge in [0.25, 0.3) is 0 Å². The smallest absolute Gasteiger partial charge is 0.222 e. The van der Waals surface area contributed by atoms with Crippen molar-refractivity contribution in [3.63, 3.8) is 0 Å². The average Bonchev–Trinajstić information content (AvgIpc) is 2.15. The Balaban J connectivity index is 3.34. The number of rotatable bonds is 3. The van der Waals surface area contributed by atoms with Gasteiger partial charge in [-0.05, 0) is 25.2 Å². The molecule has 1 aromatic carbocycles. The SMILES string of the molecule is COc1cccc(OC)c1[Si](C)(C)O. The fraction of sp³-hybridized carbons (Fsp3) is 0.400. The summed E-state index contributed by atoms with van der Waals surface area (Å²) in [4.78, 5) is 10.1. The van der Waals surface area contributed by atoms with Crippen LogP contribution < -0.4 is 14.7 Å². The van der Waals surface area contributed by atoms with Crippen molar-refractivity contribution in [2.45, 2.75) is 13.1 Å². The van der Waals surface area contributed by atoms with Crippen LogP contribution in [0.1, 0.15) is 0 Å². The molecule has 0 radical (unpaired) electrons. The summed E-state index contributed by atoms with van der Waals surface area (Å²) in [6, 6.07) is 5.52. The summed E-state index contributed by atoms with van der Waals surface area (Å²) < 4.78 is 10.4. The molecule has 0 saturated carbocycles. The molecule has 0 aromatic heterocycles. The molecule has 0 spiro atoms. The van der Waals surface area contributed by atoms with Crippen molar-refractivity contribution in [3.8, 4) is 11.5 Å². The predicted octanol–water partition coefficient (Wildman–Crippen LogP) is 1.11. The van der Waals surface area contributed by atoms with Gasteiger partial charge in [0.15, 0.2) is 0 Å². The standard InChI is InChI=1S/C10H16O3Si/c1-12-8-6-5-7-9(13-2)10(8)14(3,4)11/h5-7,11H,1-4H3. The van der Waals surface area contributed by atoms with E-state index < -0.39 is 8.32 Å². The Morgan fingerprint density at radius 1 is 1.07 bits per heavy atom. The molecule has 0 atom stereocenters. The molecule has 0 amide bonds. The topological polar surface area (TPSA) is 38.7 Å². The van der Waals surface area contributed by atoms with Crippen LogP contribution in [0.2, 0.25) is 13.1 Å². The Labute approximate surface area is 85.4 Å². The van der Waals surface area contributed by atoms with Crippen molar-refractivity contribution in [2.75, 3.05) is 14.2 Å². The van der Waals surface area contributed by atoms with Gasteiger partial charge in [-0.1, -0.05) is 6.07 Å². The van der Waals surface area contributed by atoms with E-state index in [2.05, 4.69) is 0 Å². The monoisotopic (exact) mass is 212 g/mol. The third-order valence-corrected chi connectivity index (χ3v) is 3.76. The van der Waals surface area contributed by atoms with Crippen molar-refractivity contribution >= 4 is 13.5 Å². The van der Waals surface area contributed by atoms with Crippen molar-refractivity contribution < 1.29 is 14.3 Å². The van der Waals surface area contributed by atoms with E-state index in [1.54, 1.807) is 14.2 Å². The largest absolute Gasteiger partial charge is 0.497 e. The quantitative estimate of drug-likeness (QED) is 0.763. The van der Waals surface area contributed by atoms with Gasteiger partial charge in [-0.3, -0.25) is 0 Å². The van der Waals surface area contributed by atoms with Gasteiger partial charge in [0.05, 0.1) is 19.4 Å². The van der Waals surface area contributed by atoms with Crippen LogP contribution in [0.5, 0.6) is 11.5 Å². The number of benzene rings is 1. The molecule has 1 aromatic rings. The van der Waals surface area contributed by atoms with Crippen molar-refractivity contribution in [2.24, 2.45) is 0 Å². The van der Waals surface area contributed by atoms with E-state index in [1.807, 2.05) is 31.3 Å². The van der Waals surface area contributed by atoms with Gasteiger partial charge in [0.2, 0.25) is 8.32 Å². The van der Waals surface area contributed by atoms with Crippen LogP contribution in [0.15, 0.2) is 18.2 Å². The minimum absolute atomic E-state index is 0.698. The minimum atomic E-state index is -2.41. The first-order valence-electron chi connectivity index (χ1n) is 4.44. The maximum atomic E-state index is 10.1. The summed E-state index contributed by atoms with van der Waals surface area (Å²) >= 11 is 0. The molecule has 0 unspecified atom stereocenters. The molecular formula is C10H16O3Si. The lowest BCUT2D eigenvalue weighted by molar-refractivity contribution is 0.397. The first kappa shape index (κ1) is 11.1. The first-order valence-corrected chi connectivity index (χ1v) is 7.39. The van der Waals surface area contributed by atoms with Gasteiger partial charge >= 0.3 is 0 Å². The Bertz CT molecular complexity index is 295. The van der Waals surface area contributed by atoms with Crippen molar-refractivity contribution in [3.05, 3.63) is 18.2 Å². The van der Waals surface area contributed by atoms with Crippen LogP contribution in [0.25, 0.3) is 0 Å². The maximum absolute atomic E-state index is 10.1. The summed E-state index contributed by atoms with van der Waals surface area (Å²) in [6.45, 7) is 3.68. The van der Waals surface area contributed by atoms with Crippen LogP contribution in [0, 0.1) is 0 Å². The van der Waals surface area contributed by atoms with Crippen LogP contribution in [-0.2, 0) is 0 Å². The average molecular weight is 212 g/mol. The van der Waals surface area contributed by atoms with Crippen molar-refractivity contribution in [1.82, 2.24) is 0 Å². The molecule has 14 heavy (non-hydrogen) atoms. The first-order chi connectivity index (χ1) is 6.50. The van der Waals surface area contributed by atoms with Gasteiger partial charge in [0, 0.05) is 0 Å². The summed E-state index contributed by atoms with van der Waals surface area (Å²) in [5.74, 6) is 1.40. The molecule has 0 heterocycles. The van der Waals surface area contributed by atoms with E-state index in [0.29, 0.717) is 11.5 Å². The summed E-state index contributed by atoms with van der Waals surface area (Å²) in [5, 5.41) is 0.810. The molecule has 0 fully saturated rings. The van der Waals surface area contributed by atoms with Gasteiger partial charge in [-0.25, -0.2) is 0 Å². The highest BCUT2D eigenvalue weighted by molar-refractivity contribution is 6.84. The van der Waals surface area contributed by atoms with Gasteiger partial charge < -0.3 is 14.3 Å². The van der Waals surface area contributed by atoms with Gasteiger partial charge in [-0.2, -0.15) is 0 Å². The second kappa shape index (κ2) is 4.02. The van der Waals surface area contributed by atoms with Crippen molar-refractivity contribution in [1.29, 1.82) is 0 Å². The second-order valence-corrected chi connectivity index (χ2v) is 7.21. The summed E-state index contributed by atoms with van der Waals surface area (Å²) in [5.41, 5.74) is 0. The molecule has 0 saturated heterocycles. The lowest BCUT2D eigenvalue weighted by atomic mass is 10.3. The minimum Gasteiger partial charge on any atom is -0.497 e. The number of hydrogen-bond acceptors (Lipinski definition) is 3. The molecular weight excluding hydrogens is 196 g/mol. The molecule has 4 heteroatoms. The van der Waals surface area contributed by atoms with Crippen LogP contribution in [0.3, 0.4) is 0 Å². The Morgan fingerprint density at radius 3 is 1.79 bits per heavy atom. The van der Waals surface area contributed by atoms with E-state index in [-0.39, 0.29) is 0 Å². The van der Waals surface area contributed by atoms with E-state index in [1.165, 1.54) is 0 Å². The molecule has 3 nitrogen and oxygen atoms in total. The number of hydrogen-bond donors (Lipinski definition) is 1. The van der Waals surface area contributed by atoms with E-state index >= 15 is 0 Å². The Hall–Kier alpha value is -1.00. The summed E-state index contributed by atoms with van der Waals surface area (Å²) in [7, 11) is 0.777. The zero-order chi connectivity index (χ0) is 10.8. The molecule has 0 aliphatic rings. The van der Waals surface area contributed by atoms with Crippen LogP contribution in [0.4, 0.5) is 0 Å². The Morgan fingerprint density at radius 2 is 1.50 bits per heavy atom. The van der Waals surface area contributed by atoms with E-state index in [9.17, 15) is 4.80 Å². The lowest BCUT2D eigenvalue weighted by Gasteiger charge is -2.20. The lowest BCUT2D eigenvalue weighted by Crippen LogP contribution is -2.43. The third-order valence-electron chi connectivity index (χ3n) is 2.04. The van der Waals surface area contributed by atoms with E-state index in [4.69, 9.17) is 9.47 Å². The zero-order valence-electron chi connectivity index (χ0n) is 9.00. The maximum Gasteiger partial charge on any atom is 0.222 e. The van der Waals surface area contributed by atoms with Crippen LogP contribution >= 0.6 is 0 Å². The molecule has 1 N–H and O–H groups in total. The molecule has 1 rings (SSSR count). The zero-order valence-corrected chi connectivity index (χ0v) is 10.00. The third kappa shape index (κ3) is 2.08. The molecule has 0 aliphatic carbocycles. The van der Waals surface area contributed by atoms with Gasteiger partial charge in [-0.15, -0.1) is 0 Å². The highest BCUT2D eigenvalue weighted by Gasteiger charge is 2.28. The number of ether oxygens (including phenoxy) is 2. The summed E-state index contributed by atoms with van der Waals surface area (Å²) in [6.07, 6.45) is 0. The molecule has 0 bridgehead atoms. The molecule has 78 valence electrons. The van der Waals surface area contributed by atoms with E-state index in [0.717, 1.165) is 5.19 Å². The number of methoxy groups -OCH3 is 2. The van der Waals surface area contributed by atoms with Gasteiger partial charge in [0.1, 0.15) is 11.5 Å². The highest BCUT2D eigenvalue weighted by atomic mass is 28.4. The van der Waals surface area contributed by atoms with Crippen LogP contribution in [-0.4, -0.2) is 27.3 Å². The molecule has 0 aliphatic heterocycles. The Kier molecular flexibility index (Phi) is 3.18. The fourth-order valence-corrected chi connectivity index (χ4v) is 3.03. The fourth-order valence-electron chi connectivity index (χ4n) is 1.45. The normalized spacial score (nSPS) is 11.2.